The van der Waals surface area contributed by atoms with E-state index in [0.717, 1.165) is 51.0 Å². The number of carbonyl (C=O) groups excluding carboxylic acids is 2. The minimum Gasteiger partial charge on any atom is -0.337 e. The third-order valence-electron chi connectivity index (χ3n) is 6.00. The van der Waals surface area contributed by atoms with E-state index < -0.39 is 0 Å². The van der Waals surface area contributed by atoms with E-state index in [4.69, 9.17) is 0 Å². The highest BCUT2D eigenvalue weighted by atomic mass is 16.2. The van der Waals surface area contributed by atoms with Crippen molar-refractivity contribution in [2.75, 3.05) is 31.1 Å². The molecule has 0 N–H and O–H groups in total. The van der Waals surface area contributed by atoms with Crippen molar-refractivity contribution in [3.05, 3.63) is 29.3 Å². The molecular weight excluding hydrogens is 314 g/mol. The van der Waals surface area contributed by atoms with Crippen LogP contribution >= 0.6 is 0 Å². The fourth-order valence-electron chi connectivity index (χ4n) is 4.59. The highest BCUT2D eigenvalue weighted by molar-refractivity contribution is 5.96. The van der Waals surface area contributed by atoms with Crippen LogP contribution in [-0.4, -0.2) is 59.9 Å². The van der Waals surface area contributed by atoms with Crippen LogP contribution in [0.4, 0.5) is 5.69 Å². The van der Waals surface area contributed by atoms with Gasteiger partial charge in [0.15, 0.2) is 0 Å². The molecule has 3 aliphatic heterocycles. The third-order valence-corrected chi connectivity index (χ3v) is 6.00. The maximum atomic E-state index is 13.0. The number of rotatable bonds is 2. The van der Waals surface area contributed by atoms with E-state index in [1.54, 1.807) is 0 Å². The lowest BCUT2D eigenvalue weighted by atomic mass is 9.99. The summed E-state index contributed by atoms with van der Waals surface area (Å²) in [7, 11) is 0. The molecule has 2 saturated heterocycles. The molecule has 3 aliphatic rings. The largest absolute Gasteiger partial charge is 0.337 e. The molecule has 2 fully saturated rings. The number of piperazine rings is 1. The van der Waals surface area contributed by atoms with Crippen LogP contribution in [0.2, 0.25) is 0 Å². The summed E-state index contributed by atoms with van der Waals surface area (Å²) < 4.78 is 0. The van der Waals surface area contributed by atoms with Gasteiger partial charge in [-0.2, -0.15) is 0 Å². The smallest absolute Gasteiger partial charge is 0.241 e. The van der Waals surface area contributed by atoms with E-state index in [1.165, 1.54) is 11.1 Å². The number of benzene rings is 1. The average Bonchev–Trinajstić information content (AvgIpc) is 3.07. The first kappa shape index (κ1) is 16.6. The van der Waals surface area contributed by atoms with Gasteiger partial charge >= 0.3 is 0 Å². The summed E-state index contributed by atoms with van der Waals surface area (Å²) >= 11 is 0. The van der Waals surface area contributed by atoms with Crippen molar-refractivity contribution in [3.63, 3.8) is 0 Å². The maximum Gasteiger partial charge on any atom is 0.241 e. The molecular formula is C20H27N3O2. The Balaban J connectivity index is 1.50. The second-order valence-corrected chi connectivity index (χ2v) is 7.71. The van der Waals surface area contributed by atoms with Crippen LogP contribution in [-0.2, 0) is 16.0 Å². The van der Waals surface area contributed by atoms with Gasteiger partial charge < -0.3 is 9.80 Å². The van der Waals surface area contributed by atoms with Crippen LogP contribution in [0.5, 0.6) is 0 Å². The van der Waals surface area contributed by atoms with Crippen LogP contribution in [0.1, 0.15) is 37.3 Å². The molecule has 1 aromatic carbocycles. The van der Waals surface area contributed by atoms with E-state index in [1.807, 2.05) is 16.7 Å². The minimum atomic E-state index is -0.194. The summed E-state index contributed by atoms with van der Waals surface area (Å²) in [6, 6.07) is 6.45. The number of aryl methyl sites for hydroxylation is 2. The van der Waals surface area contributed by atoms with Gasteiger partial charge in [0.2, 0.25) is 11.8 Å². The molecule has 4 rings (SSSR count). The second-order valence-electron chi connectivity index (χ2n) is 7.71. The molecule has 3 heterocycles. The van der Waals surface area contributed by atoms with Crippen molar-refractivity contribution in [1.29, 1.82) is 0 Å². The zero-order valence-corrected chi connectivity index (χ0v) is 15.2. The number of fused-ring (bicyclic) bond motifs is 2. The van der Waals surface area contributed by atoms with Crippen molar-refractivity contribution >= 4 is 17.5 Å². The van der Waals surface area contributed by atoms with Crippen molar-refractivity contribution in [3.8, 4) is 0 Å². The van der Waals surface area contributed by atoms with E-state index >= 15 is 0 Å². The monoisotopic (exact) mass is 341 g/mol. The minimum absolute atomic E-state index is 0.121. The van der Waals surface area contributed by atoms with Crippen LogP contribution in [0, 0.1) is 6.92 Å². The third kappa shape index (κ3) is 2.95. The predicted octanol–water partition coefficient (Wildman–Crippen LogP) is 1.97. The van der Waals surface area contributed by atoms with Gasteiger partial charge in [-0.05, 0) is 51.2 Å². The average molecular weight is 341 g/mol. The van der Waals surface area contributed by atoms with Crippen molar-refractivity contribution < 1.29 is 9.59 Å². The number of hydrogen-bond donors (Lipinski definition) is 0. The van der Waals surface area contributed by atoms with Crippen LogP contribution in [0.3, 0.4) is 0 Å². The molecule has 0 unspecified atom stereocenters. The first-order valence-electron chi connectivity index (χ1n) is 9.49. The fraction of sp³-hybridized carbons (Fsp3) is 0.600. The molecule has 0 radical (unpaired) electrons. The number of hydrogen-bond acceptors (Lipinski definition) is 3. The molecule has 2 atom stereocenters. The highest BCUT2D eigenvalue weighted by Gasteiger charge is 2.41. The van der Waals surface area contributed by atoms with E-state index in [-0.39, 0.29) is 17.9 Å². The van der Waals surface area contributed by atoms with Gasteiger partial charge in [0, 0.05) is 31.4 Å². The quantitative estimate of drug-likeness (QED) is 0.826. The lowest BCUT2D eigenvalue weighted by Crippen LogP contribution is -2.60. The highest BCUT2D eigenvalue weighted by Crippen LogP contribution is 2.29. The molecule has 1 aromatic rings. The van der Waals surface area contributed by atoms with E-state index in [0.29, 0.717) is 12.6 Å². The Morgan fingerprint density at radius 1 is 1.24 bits per heavy atom. The van der Waals surface area contributed by atoms with Gasteiger partial charge in [-0.15, -0.1) is 0 Å². The predicted molar refractivity (Wildman–Crippen MR) is 97.6 cm³/mol. The summed E-state index contributed by atoms with van der Waals surface area (Å²) in [4.78, 5) is 31.6. The maximum absolute atomic E-state index is 13.0. The SMILES string of the molecule is Cc1ccc2c(c1)CCCN2C(=O)CN1C[C@@H]2CCCN2C(=O)[C@@H]1C. The lowest BCUT2D eigenvalue weighted by molar-refractivity contribution is -0.143. The van der Waals surface area contributed by atoms with E-state index in [9.17, 15) is 9.59 Å². The fourth-order valence-corrected chi connectivity index (χ4v) is 4.59. The summed E-state index contributed by atoms with van der Waals surface area (Å²) in [6.07, 6.45) is 4.20. The van der Waals surface area contributed by atoms with Gasteiger partial charge in [0.1, 0.15) is 0 Å². The number of nitrogens with zero attached hydrogens (tertiary/aromatic N) is 3. The zero-order chi connectivity index (χ0) is 17.6. The van der Waals surface area contributed by atoms with Crippen LogP contribution in [0.15, 0.2) is 18.2 Å². The molecule has 0 aliphatic carbocycles. The van der Waals surface area contributed by atoms with Gasteiger partial charge in [-0.25, -0.2) is 0 Å². The molecule has 0 saturated carbocycles. The van der Waals surface area contributed by atoms with Gasteiger partial charge in [-0.1, -0.05) is 17.7 Å². The molecule has 0 aromatic heterocycles. The molecule has 25 heavy (non-hydrogen) atoms. The Bertz CT molecular complexity index is 702. The summed E-state index contributed by atoms with van der Waals surface area (Å²) in [5, 5.41) is 0. The Hall–Kier alpha value is -1.88. The first-order valence-corrected chi connectivity index (χ1v) is 9.49. The summed E-state index contributed by atoms with van der Waals surface area (Å²) in [5.41, 5.74) is 3.56. The van der Waals surface area contributed by atoms with Crippen molar-refractivity contribution in [2.24, 2.45) is 0 Å². The first-order chi connectivity index (χ1) is 12.0. The van der Waals surface area contributed by atoms with Gasteiger partial charge in [0.25, 0.3) is 0 Å². The molecule has 0 bridgehead atoms. The van der Waals surface area contributed by atoms with Crippen molar-refractivity contribution in [1.82, 2.24) is 9.80 Å². The molecule has 5 nitrogen and oxygen atoms in total. The standard InChI is InChI=1S/C20H27N3O2/c1-14-7-8-18-16(11-14)5-3-10-23(18)19(24)13-21-12-17-6-4-9-22(17)20(25)15(21)2/h7-8,11,15,17H,3-6,9-10,12-13H2,1-2H3/t15-,17-/m0/s1. The summed E-state index contributed by atoms with van der Waals surface area (Å²) in [6.45, 7) is 6.86. The second kappa shape index (κ2) is 6.45. The van der Waals surface area contributed by atoms with Gasteiger partial charge in [0.05, 0.1) is 12.6 Å². The van der Waals surface area contributed by atoms with Crippen molar-refractivity contribution in [2.45, 2.75) is 51.6 Å². The molecule has 0 spiro atoms. The molecule has 134 valence electrons. The zero-order valence-electron chi connectivity index (χ0n) is 15.2. The number of anilines is 1. The molecule has 5 heteroatoms. The number of amides is 2. The summed E-state index contributed by atoms with van der Waals surface area (Å²) in [5.74, 6) is 0.312. The normalized spacial score (nSPS) is 26.6. The Labute approximate surface area is 149 Å². The van der Waals surface area contributed by atoms with Gasteiger partial charge in [-0.3, -0.25) is 14.5 Å². The van der Waals surface area contributed by atoms with Crippen LogP contribution in [0.25, 0.3) is 0 Å². The Morgan fingerprint density at radius 2 is 2.08 bits per heavy atom. The molecule has 2 amide bonds. The van der Waals surface area contributed by atoms with Crippen LogP contribution < -0.4 is 4.90 Å². The number of carbonyl (C=O) groups is 2. The Morgan fingerprint density at radius 3 is 2.92 bits per heavy atom. The van der Waals surface area contributed by atoms with E-state index in [2.05, 4.69) is 30.0 Å². The topological polar surface area (TPSA) is 43.9 Å². The lowest BCUT2D eigenvalue weighted by Gasteiger charge is -2.42. The Kier molecular flexibility index (Phi) is 4.28.